The van der Waals surface area contributed by atoms with Gasteiger partial charge in [0.15, 0.2) is 0 Å². The number of aryl methyl sites for hydroxylation is 1. The lowest BCUT2D eigenvalue weighted by Gasteiger charge is -2.30. The highest BCUT2D eigenvalue weighted by Gasteiger charge is 2.51. The lowest BCUT2D eigenvalue weighted by atomic mass is 9.77. The molecule has 4 rings (SSSR count). The number of aliphatic carboxylic acids is 1. The van der Waals surface area contributed by atoms with Crippen LogP contribution in [-0.4, -0.2) is 79.4 Å². The van der Waals surface area contributed by atoms with Gasteiger partial charge in [-0.05, 0) is 43.2 Å². The normalized spacial score (nSPS) is 25.2. The lowest BCUT2D eigenvalue weighted by Crippen LogP contribution is -2.38. The predicted molar refractivity (Wildman–Crippen MR) is 117 cm³/mol. The Labute approximate surface area is 192 Å². The molecule has 2 heterocycles. The molecule has 2 atom stereocenters. The second kappa shape index (κ2) is 10.4. The molecule has 0 unspecified atom stereocenters. The summed E-state index contributed by atoms with van der Waals surface area (Å²) in [7, 11) is 1.81. The Hall–Kier alpha value is -2.13. The number of carboxylic acid groups (broad SMARTS) is 1. The number of likely N-dealkylation sites (tertiary alicyclic amines) is 2. The second-order valence-electron chi connectivity index (χ2n) is 9.62. The molecule has 184 valence electrons. The summed E-state index contributed by atoms with van der Waals surface area (Å²) >= 11 is 0. The molecule has 1 aromatic rings. The number of ether oxygens (including phenoxy) is 1. The molecule has 6 nitrogen and oxygen atoms in total. The number of methoxy groups -OCH3 is 1. The molecule has 1 N–H and O–H groups in total. The van der Waals surface area contributed by atoms with Crippen molar-refractivity contribution in [2.75, 3.05) is 46.4 Å². The van der Waals surface area contributed by atoms with Crippen molar-refractivity contribution in [2.24, 2.45) is 17.3 Å². The van der Waals surface area contributed by atoms with Gasteiger partial charge >= 0.3 is 12.1 Å². The number of carbonyl (C=O) groups excluding carboxylic acids is 1. The number of rotatable bonds is 6. The van der Waals surface area contributed by atoms with Crippen molar-refractivity contribution in [2.45, 2.75) is 38.8 Å². The summed E-state index contributed by atoms with van der Waals surface area (Å²) in [4.78, 5) is 26.6. The first kappa shape index (κ1) is 25.5. The summed E-state index contributed by atoms with van der Waals surface area (Å²) in [5, 5.41) is 7.12. The number of benzene rings is 1. The lowest BCUT2D eigenvalue weighted by molar-refractivity contribution is -0.192. The van der Waals surface area contributed by atoms with Gasteiger partial charge in [-0.2, -0.15) is 13.2 Å². The van der Waals surface area contributed by atoms with Crippen LogP contribution in [0.1, 0.15) is 30.4 Å². The molecule has 1 spiro atoms. The van der Waals surface area contributed by atoms with E-state index in [1.165, 1.54) is 24.9 Å². The molecule has 1 amide bonds. The van der Waals surface area contributed by atoms with Crippen LogP contribution < -0.4 is 0 Å². The molecule has 2 aliphatic heterocycles. The highest BCUT2D eigenvalue weighted by atomic mass is 19.4. The zero-order chi connectivity index (χ0) is 24.2. The average molecular weight is 471 g/mol. The first-order valence-electron chi connectivity index (χ1n) is 11.4. The van der Waals surface area contributed by atoms with Crippen LogP contribution in [-0.2, 0) is 20.7 Å². The molecule has 3 aliphatic rings. The minimum absolute atomic E-state index is 0.242. The van der Waals surface area contributed by atoms with Gasteiger partial charge in [-0.25, -0.2) is 4.79 Å². The van der Waals surface area contributed by atoms with E-state index in [2.05, 4.69) is 28.9 Å². The van der Waals surface area contributed by atoms with Gasteiger partial charge in [0.2, 0.25) is 5.91 Å². The van der Waals surface area contributed by atoms with Gasteiger partial charge in [-0.3, -0.25) is 4.79 Å². The Bertz CT molecular complexity index is 843. The number of amides is 1. The van der Waals surface area contributed by atoms with Gasteiger partial charge in [0.25, 0.3) is 0 Å². The zero-order valence-electron chi connectivity index (χ0n) is 19.2. The first-order chi connectivity index (χ1) is 15.5. The van der Waals surface area contributed by atoms with Gasteiger partial charge in [-0.1, -0.05) is 24.3 Å². The van der Waals surface area contributed by atoms with E-state index in [1.807, 2.05) is 19.2 Å². The fraction of sp³-hybridized carbons (Fsp3) is 0.667. The number of hydrogen-bond donors (Lipinski definition) is 1. The summed E-state index contributed by atoms with van der Waals surface area (Å²) in [5.74, 6) is -0.989. The van der Waals surface area contributed by atoms with E-state index in [4.69, 9.17) is 14.6 Å². The van der Waals surface area contributed by atoms with E-state index in [-0.39, 0.29) is 11.3 Å². The van der Waals surface area contributed by atoms with Crippen LogP contribution in [0.4, 0.5) is 13.2 Å². The molecular formula is C24H33F3N2O4. The Morgan fingerprint density at radius 1 is 1.21 bits per heavy atom. The van der Waals surface area contributed by atoms with Crippen molar-refractivity contribution in [3.05, 3.63) is 35.4 Å². The summed E-state index contributed by atoms with van der Waals surface area (Å²) < 4.78 is 37.3. The first-order valence-corrected chi connectivity index (χ1v) is 11.4. The predicted octanol–water partition coefficient (Wildman–Crippen LogP) is 3.38. The van der Waals surface area contributed by atoms with Crippen molar-refractivity contribution in [3.63, 3.8) is 0 Å². The molecule has 1 aliphatic carbocycles. The number of alkyl halides is 3. The summed E-state index contributed by atoms with van der Waals surface area (Å²) in [5.41, 5.74) is 2.61. The summed E-state index contributed by atoms with van der Waals surface area (Å²) in [6.07, 6.45) is -0.621. The van der Waals surface area contributed by atoms with E-state index >= 15 is 0 Å². The Kier molecular flexibility index (Phi) is 8.05. The maximum atomic E-state index is 12.9. The third-order valence-corrected chi connectivity index (χ3v) is 7.05. The molecule has 9 heteroatoms. The molecule has 1 aromatic carbocycles. The maximum Gasteiger partial charge on any atom is 0.490 e. The van der Waals surface area contributed by atoms with E-state index < -0.39 is 12.1 Å². The van der Waals surface area contributed by atoms with Crippen LogP contribution in [0.25, 0.3) is 0 Å². The molecular weight excluding hydrogens is 437 g/mol. The summed E-state index contributed by atoms with van der Waals surface area (Å²) in [6.45, 7) is 8.26. The molecule has 33 heavy (non-hydrogen) atoms. The zero-order valence-corrected chi connectivity index (χ0v) is 19.2. The standard InChI is InChI=1S/C22H32N2O2.C2HF3O2/c1-17-5-3-4-6-19(17)11-21(25)24-10-9-22(16-24)15-23(12-18-7-8-18)13-20(22)14-26-2;3-2(4,5)1(6)7/h3-6,18,20H,7-16H2,1-2H3;(H,6,7)/t20-,22+;/m0./s1. The van der Waals surface area contributed by atoms with Crippen molar-refractivity contribution in [1.82, 2.24) is 9.80 Å². The highest BCUT2D eigenvalue weighted by Crippen LogP contribution is 2.45. The van der Waals surface area contributed by atoms with Crippen molar-refractivity contribution in [1.29, 1.82) is 0 Å². The summed E-state index contributed by atoms with van der Waals surface area (Å²) in [6, 6.07) is 8.24. The van der Waals surface area contributed by atoms with Crippen LogP contribution in [0.2, 0.25) is 0 Å². The molecule has 3 fully saturated rings. The third kappa shape index (κ3) is 6.69. The van der Waals surface area contributed by atoms with Crippen LogP contribution in [0.15, 0.2) is 24.3 Å². The fourth-order valence-corrected chi connectivity index (χ4v) is 5.03. The minimum Gasteiger partial charge on any atom is -0.475 e. The second-order valence-corrected chi connectivity index (χ2v) is 9.62. The maximum absolute atomic E-state index is 12.9. The fourth-order valence-electron chi connectivity index (χ4n) is 5.03. The number of halogens is 3. The van der Waals surface area contributed by atoms with Gasteiger partial charge in [0.05, 0.1) is 13.0 Å². The van der Waals surface area contributed by atoms with Crippen molar-refractivity contribution in [3.8, 4) is 0 Å². The molecule has 1 saturated carbocycles. The Balaban J connectivity index is 0.000000383. The van der Waals surface area contributed by atoms with Crippen molar-refractivity contribution >= 4 is 11.9 Å². The highest BCUT2D eigenvalue weighted by molar-refractivity contribution is 5.79. The van der Waals surface area contributed by atoms with Crippen LogP contribution in [0, 0.1) is 24.2 Å². The van der Waals surface area contributed by atoms with E-state index in [0.29, 0.717) is 12.3 Å². The van der Waals surface area contributed by atoms with Crippen LogP contribution in [0.5, 0.6) is 0 Å². The van der Waals surface area contributed by atoms with Gasteiger partial charge in [-0.15, -0.1) is 0 Å². The number of nitrogens with zero attached hydrogens (tertiary/aromatic N) is 2. The van der Waals surface area contributed by atoms with Crippen molar-refractivity contribution < 1.29 is 32.6 Å². The number of hydrogen-bond acceptors (Lipinski definition) is 4. The van der Waals surface area contributed by atoms with Gasteiger partial charge in [0.1, 0.15) is 0 Å². The number of carbonyl (C=O) groups is 2. The SMILES string of the molecule is COC[C@@H]1CN(CC2CC2)C[C@@]12CCN(C(=O)Cc1ccccc1C)C2.O=C(O)C(F)(F)F. The quantitative estimate of drug-likeness (QED) is 0.691. The minimum atomic E-state index is -5.08. The molecule has 0 bridgehead atoms. The largest absolute Gasteiger partial charge is 0.490 e. The van der Waals surface area contributed by atoms with Gasteiger partial charge < -0.3 is 19.6 Å². The smallest absolute Gasteiger partial charge is 0.475 e. The average Bonchev–Trinajstić information content (AvgIpc) is 3.35. The van der Waals surface area contributed by atoms with E-state index in [1.54, 1.807) is 0 Å². The topological polar surface area (TPSA) is 70.1 Å². The van der Waals surface area contributed by atoms with Crippen LogP contribution >= 0.6 is 0 Å². The third-order valence-electron chi connectivity index (χ3n) is 7.05. The molecule has 0 aromatic heterocycles. The number of carboxylic acids is 1. The monoisotopic (exact) mass is 470 g/mol. The van der Waals surface area contributed by atoms with E-state index in [9.17, 15) is 18.0 Å². The Morgan fingerprint density at radius 2 is 1.88 bits per heavy atom. The Morgan fingerprint density at radius 3 is 2.45 bits per heavy atom. The molecule has 0 radical (unpaired) electrons. The van der Waals surface area contributed by atoms with Gasteiger partial charge in [0, 0.05) is 51.2 Å². The molecule has 2 saturated heterocycles. The van der Waals surface area contributed by atoms with Crippen LogP contribution in [0.3, 0.4) is 0 Å². The van der Waals surface area contributed by atoms with E-state index in [0.717, 1.165) is 50.7 Å².